The molecule has 2 heterocycles. The maximum absolute atomic E-state index is 6.07. The van der Waals surface area contributed by atoms with E-state index in [-0.39, 0.29) is 24.8 Å². The van der Waals surface area contributed by atoms with E-state index in [1.165, 1.54) is 0 Å². The van der Waals surface area contributed by atoms with E-state index < -0.39 is 0 Å². The number of nitrogens with one attached hydrogen (secondary N) is 1. The molecule has 5 heteroatoms. The van der Waals surface area contributed by atoms with E-state index in [0.717, 1.165) is 42.6 Å². The van der Waals surface area contributed by atoms with Gasteiger partial charge in [-0.1, -0.05) is 18.2 Å². The van der Waals surface area contributed by atoms with Crippen LogP contribution in [0.1, 0.15) is 12.8 Å². The topological polar surface area (TPSA) is 34.1 Å². The molecule has 1 aromatic carbocycles. The Balaban J connectivity index is 0.000000902. The van der Waals surface area contributed by atoms with Crippen molar-refractivity contribution in [3.8, 4) is 5.75 Å². The van der Waals surface area contributed by atoms with Gasteiger partial charge in [0.05, 0.1) is 0 Å². The highest BCUT2D eigenvalue weighted by molar-refractivity contribution is 5.85. The lowest BCUT2D eigenvalue weighted by Crippen LogP contribution is -2.34. The van der Waals surface area contributed by atoms with E-state index in [4.69, 9.17) is 4.74 Å². The summed E-state index contributed by atoms with van der Waals surface area (Å²) < 4.78 is 6.07. The minimum absolute atomic E-state index is 0. The molecular formula is C14H18Cl2N2O. The molecule has 1 aliphatic heterocycles. The second-order valence-corrected chi connectivity index (χ2v) is 4.40. The van der Waals surface area contributed by atoms with E-state index in [0.29, 0.717) is 6.10 Å². The van der Waals surface area contributed by atoms with E-state index >= 15 is 0 Å². The van der Waals surface area contributed by atoms with Crippen molar-refractivity contribution in [2.45, 2.75) is 18.9 Å². The zero-order valence-corrected chi connectivity index (χ0v) is 12.2. The van der Waals surface area contributed by atoms with Crippen LogP contribution in [0.2, 0.25) is 0 Å². The Bertz CT molecular complexity index is 510. The maximum atomic E-state index is 6.07. The number of ether oxygens (including phenoxy) is 1. The minimum atomic E-state index is 0. The molecule has 19 heavy (non-hydrogen) atoms. The van der Waals surface area contributed by atoms with Crippen LogP contribution in [0, 0.1) is 0 Å². The molecule has 0 bridgehead atoms. The molecule has 0 unspecified atom stereocenters. The maximum Gasteiger partial charge on any atom is 0.145 e. The van der Waals surface area contributed by atoms with Crippen molar-refractivity contribution in [1.82, 2.24) is 10.3 Å². The van der Waals surface area contributed by atoms with Gasteiger partial charge >= 0.3 is 0 Å². The molecule has 1 saturated heterocycles. The molecule has 0 saturated carbocycles. The summed E-state index contributed by atoms with van der Waals surface area (Å²) in [4.78, 5) is 4.41. The van der Waals surface area contributed by atoms with Crippen LogP contribution in [0.25, 0.3) is 10.9 Å². The number of rotatable bonds is 2. The summed E-state index contributed by atoms with van der Waals surface area (Å²) in [6, 6.07) is 10.1. The lowest BCUT2D eigenvalue weighted by molar-refractivity contribution is 0.164. The van der Waals surface area contributed by atoms with Crippen molar-refractivity contribution < 1.29 is 4.74 Å². The minimum Gasteiger partial charge on any atom is -0.488 e. The van der Waals surface area contributed by atoms with Gasteiger partial charge in [0.2, 0.25) is 0 Å². The molecule has 1 aromatic heterocycles. The van der Waals surface area contributed by atoms with Gasteiger partial charge in [0.15, 0.2) is 0 Å². The largest absolute Gasteiger partial charge is 0.488 e. The number of hydrogen-bond acceptors (Lipinski definition) is 3. The first-order chi connectivity index (χ1) is 8.43. The smallest absolute Gasteiger partial charge is 0.145 e. The lowest BCUT2D eigenvalue weighted by atomic mass is 10.1. The Labute approximate surface area is 125 Å². The molecule has 0 radical (unpaired) electrons. The highest BCUT2D eigenvalue weighted by Gasteiger charge is 2.15. The van der Waals surface area contributed by atoms with Crippen molar-refractivity contribution in [3.63, 3.8) is 0 Å². The summed E-state index contributed by atoms with van der Waals surface area (Å²) in [5, 5.41) is 4.48. The van der Waals surface area contributed by atoms with Gasteiger partial charge in [0.25, 0.3) is 0 Å². The average Bonchev–Trinajstić information content (AvgIpc) is 2.40. The lowest BCUT2D eigenvalue weighted by Gasteiger charge is -2.24. The number of aromatic nitrogens is 1. The van der Waals surface area contributed by atoms with Gasteiger partial charge in [-0.05, 0) is 38.1 Å². The van der Waals surface area contributed by atoms with E-state index in [9.17, 15) is 0 Å². The normalized spacial score (nSPS) is 15.4. The number of benzene rings is 1. The molecule has 0 aliphatic carbocycles. The second kappa shape index (κ2) is 7.53. The van der Waals surface area contributed by atoms with Crippen molar-refractivity contribution in [3.05, 3.63) is 36.5 Å². The number of para-hydroxylation sites is 1. The number of fused-ring (bicyclic) bond motifs is 1. The van der Waals surface area contributed by atoms with Crippen molar-refractivity contribution in [2.24, 2.45) is 0 Å². The predicted molar refractivity (Wildman–Crippen MR) is 82.8 cm³/mol. The van der Waals surface area contributed by atoms with Crippen molar-refractivity contribution >= 4 is 35.7 Å². The van der Waals surface area contributed by atoms with Crippen molar-refractivity contribution in [2.75, 3.05) is 13.1 Å². The van der Waals surface area contributed by atoms with Crippen LogP contribution in [0.5, 0.6) is 5.75 Å². The molecule has 1 fully saturated rings. The fraction of sp³-hybridized carbons (Fsp3) is 0.357. The quantitative estimate of drug-likeness (QED) is 0.925. The molecular weight excluding hydrogens is 283 g/mol. The van der Waals surface area contributed by atoms with Gasteiger partial charge in [-0.2, -0.15) is 0 Å². The molecule has 3 nitrogen and oxygen atoms in total. The summed E-state index contributed by atoms with van der Waals surface area (Å²) in [5.41, 5.74) is 0.966. The predicted octanol–water partition coefficient (Wildman–Crippen LogP) is 3.21. The molecule has 0 spiro atoms. The Kier molecular flexibility index (Phi) is 6.35. The highest BCUT2D eigenvalue weighted by atomic mass is 35.5. The molecule has 0 atom stereocenters. The third kappa shape index (κ3) is 3.72. The standard InChI is InChI=1S/C14H16N2O.2ClH/c1-3-11-4-2-8-16-14(11)13(5-1)17-12-6-9-15-10-7-12;;/h1-5,8,12,15H,6-7,9-10H2;2*1H. The van der Waals surface area contributed by atoms with Crippen LogP contribution in [-0.4, -0.2) is 24.2 Å². The van der Waals surface area contributed by atoms with Gasteiger partial charge in [-0.25, -0.2) is 0 Å². The first-order valence-electron chi connectivity index (χ1n) is 6.14. The molecule has 2 aromatic rings. The second-order valence-electron chi connectivity index (χ2n) is 4.40. The number of nitrogens with zero attached hydrogens (tertiary/aromatic N) is 1. The molecule has 1 N–H and O–H groups in total. The summed E-state index contributed by atoms with van der Waals surface area (Å²) in [7, 11) is 0. The third-order valence-electron chi connectivity index (χ3n) is 3.18. The summed E-state index contributed by atoms with van der Waals surface area (Å²) in [6.45, 7) is 2.09. The fourth-order valence-corrected chi connectivity index (χ4v) is 2.26. The molecule has 104 valence electrons. The SMILES string of the molecule is Cl.Cl.c1cnc2c(OC3CCNCC3)cccc2c1. The average molecular weight is 301 g/mol. The summed E-state index contributed by atoms with van der Waals surface area (Å²) in [5.74, 6) is 0.912. The first-order valence-corrected chi connectivity index (χ1v) is 6.14. The van der Waals surface area contributed by atoms with Crippen LogP contribution in [0.15, 0.2) is 36.5 Å². The Morgan fingerprint density at radius 3 is 2.58 bits per heavy atom. The number of hydrogen-bond donors (Lipinski definition) is 1. The molecule has 3 rings (SSSR count). The van der Waals surface area contributed by atoms with Crippen LogP contribution in [-0.2, 0) is 0 Å². The van der Waals surface area contributed by atoms with E-state index in [1.807, 2.05) is 24.4 Å². The fourth-order valence-electron chi connectivity index (χ4n) is 2.26. The number of halogens is 2. The van der Waals surface area contributed by atoms with E-state index in [2.05, 4.69) is 22.4 Å². The number of piperidine rings is 1. The zero-order chi connectivity index (χ0) is 11.5. The molecule has 1 aliphatic rings. The van der Waals surface area contributed by atoms with Gasteiger partial charge in [0.1, 0.15) is 17.4 Å². The summed E-state index contributed by atoms with van der Waals surface area (Å²) in [6.07, 6.45) is 4.29. The van der Waals surface area contributed by atoms with Crippen LogP contribution >= 0.6 is 24.8 Å². The van der Waals surface area contributed by atoms with Crippen LogP contribution in [0.3, 0.4) is 0 Å². The van der Waals surface area contributed by atoms with Gasteiger partial charge in [-0.3, -0.25) is 4.98 Å². The highest BCUT2D eigenvalue weighted by Crippen LogP contribution is 2.25. The van der Waals surface area contributed by atoms with Crippen LogP contribution < -0.4 is 10.1 Å². The summed E-state index contributed by atoms with van der Waals surface area (Å²) >= 11 is 0. The molecule has 0 amide bonds. The third-order valence-corrected chi connectivity index (χ3v) is 3.18. The Morgan fingerprint density at radius 1 is 1.05 bits per heavy atom. The first kappa shape index (κ1) is 16.0. The zero-order valence-electron chi connectivity index (χ0n) is 10.5. The monoisotopic (exact) mass is 300 g/mol. The van der Waals surface area contributed by atoms with Gasteiger partial charge in [-0.15, -0.1) is 24.8 Å². The van der Waals surface area contributed by atoms with Gasteiger partial charge < -0.3 is 10.1 Å². The number of pyridine rings is 1. The van der Waals surface area contributed by atoms with Crippen molar-refractivity contribution in [1.29, 1.82) is 0 Å². The Morgan fingerprint density at radius 2 is 1.79 bits per heavy atom. The van der Waals surface area contributed by atoms with Crippen LogP contribution in [0.4, 0.5) is 0 Å². The van der Waals surface area contributed by atoms with Gasteiger partial charge in [0, 0.05) is 11.6 Å². The van der Waals surface area contributed by atoms with E-state index in [1.54, 1.807) is 0 Å². The Hall–Kier alpha value is -1.03.